The molecule has 1 heterocycles. The number of pyridine rings is 1. The van der Waals surface area contributed by atoms with Gasteiger partial charge in [-0.2, -0.15) is 0 Å². The average molecular weight is 260 g/mol. The molecule has 5 heteroatoms. The number of carbonyl (C=O) groups is 1. The lowest BCUT2D eigenvalue weighted by Gasteiger charge is -2.08. The van der Waals surface area contributed by atoms with Gasteiger partial charge in [-0.3, -0.25) is 9.59 Å². The monoisotopic (exact) mass is 260 g/mol. The molecule has 19 heavy (non-hydrogen) atoms. The molecule has 0 aliphatic rings. The van der Waals surface area contributed by atoms with Crippen molar-refractivity contribution in [2.24, 2.45) is 0 Å². The normalized spacial score (nSPS) is 10.3. The second-order valence-corrected chi connectivity index (χ2v) is 4.26. The summed E-state index contributed by atoms with van der Waals surface area (Å²) in [6, 6.07) is 5.73. The molecule has 0 unspecified atom stereocenters. The van der Waals surface area contributed by atoms with E-state index in [4.69, 9.17) is 0 Å². The van der Waals surface area contributed by atoms with Crippen LogP contribution in [-0.4, -0.2) is 10.9 Å². The Morgan fingerprint density at radius 3 is 2.74 bits per heavy atom. The van der Waals surface area contributed by atoms with Crippen LogP contribution >= 0.6 is 0 Å². The van der Waals surface area contributed by atoms with E-state index < -0.39 is 11.7 Å². The van der Waals surface area contributed by atoms with E-state index in [1.807, 2.05) is 0 Å². The SMILES string of the molecule is Cc1cc(=O)c(C(=O)Nc2cccc(F)c2C)c[nH]1. The maximum Gasteiger partial charge on any atom is 0.261 e. The Morgan fingerprint density at radius 2 is 2.05 bits per heavy atom. The van der Waals surface area contributed by atoms with Gasteiger partial charge in [0.2, 0.25) is 0 Å². The fraction of sp³-hybridized carbons (Fsp3) is 0.143. The third kappa shape index (κ3) is 2.70. The van der Waals surface area contributed by atoms with Crippen LogP contribution in [0, 0.1) is 19.7 Å². The van der Waals surface area contributed by atoms with Crippen LogP contribution in [0.3, 0.4) is 0 Å². The number of hydrogen-bond donors (Lipinski definition) is 2. The molecule has 2 N–H and O–H groups in total. The van der Waals surface area contributed by atoms with Crippen LogP contribution in [0.15, 0.2) is 35.3 Å². The van der Waals surface area contributed by atoms with E-state index in [-0.39, 0.29) is 11.0 Å². The van der Waals surface area contributed by atoms with E-state index >= 15 is 0 Å². The smallest absolute Gasteiger partial charge is 0.261 e. The molecule has 0 bridgehead atoms. The van der Waals surface area contributed by atoms with Crippen LogP contribution in [-0.2, 0) is 0 Å². The van der Waals surface area contributed by atoms with Crippen molar-refractivity contribution in [1.29, 1.82) is 0 Å². The Balaban J connectivity index is 2.31. The van der Waals surface area contributed by atoms with Gasteiger partial charge in [0.05, 0.1) is 0 Å². The minimum absolute atomic E-state index is 0.00531. The molecule has 4 nitrogen and oxygen atoms in total. The molecule has 0 atom stereocenters. The summed E-state index contributed by atoms with van der Waals surface area (Å²) in [5, 5.41) is 2.53. The number of nitrogens with one attached hydrogen (secondary N) is 2. The number of halogens is 1. The van der Waals surface area contributed by atoms with Crippen molar-refractivity contribution in [3.8, 4) is 0 Å². The zero-order valence-electron chi connectivity index (χ0n) is 10.6. The standard InChI is InChI=1S/C14H13FN2O2/c1-8-6-13(18)10(7-16-8)14(19)17-12-5-3-4-11(15)9(12)2/h3-7H,1-2H3,(H,16,18)(H,17,19). The second kappa shape index (κ2) is 5.06. The number of aromatic nitrogens is 1. The molecule has 0 radical (unpaired) electrons. The first-order valence-electron chi connectivity index (χ1n) is 5.75. The van der Waals surface area contributed by atoms with Crippen molar-refractivity contribution >= 4 is 11.6 Å². The molecular weight excluding hydrogens is 247 g/mol. The summed E-state index contributed by atoms with van der Waals surface area (Å²) in [6.45, 7) is 3.28. The number of benzene rings is 1. The Labute approximate surface area is 109 Å². The summed E-state index contributed by atoms with van der Waals surface area (Å²) in [7, 11) is 0. The summed E-state index contributed by atoms with van der Waals surface area (Å²) in [5.41, 5.74) is 0.977. The topological polar surface area (TPSA) is 62.0 Å². The van der Waals surface area contributed by atoms with Crippen molar-refractivity contribution in [2.45, 2.75) is 13.8 Å². The summed E-state index contributed by atoms with van der Waals surface area (Å²) in [5.74, 6) is -0.967. The van der Waals surface area contributed by atoms with Gasteiger partial charge in [-0.15, -0.1) is 0 Å². The van der Waals surface area contributed by atoms with Crippen LogP contribution in [0.4, 0.5) is 10.1 Å². The number of anilines is 1. The van der Waals surface area contributed by atoms with Crippen molar-refractivity contribution in [3.05, 3.63) is 63.3 Å². The highest BCUT2D eigenvalue weighted by Gasteiger charge is 2.12. The minimum Gasteiger partial charge on any atom is -0.364 e. The van der Waals surface area contributed by atoms with Gasteiger partial charge in [0.25, 0.3) is 5.91 Å². The summed E-state index contributed by atoms with van der Waals surface area (Å²) in [4.78, 5) is 26.4. The highest BCUT2D eigenvalue weighted by atomic mass is 19.1. The lowest BCUT2D eigenvalue weighted by molar-refractivity contribution is 0.102. The van der Waals surface area contributed by atoms with E-state index in [1.165, 1.54) is 24.4 Å². The molecule has 0 fully saturated rings. The minimum atomic E-state index is -0.560. The highest BCUT2D eigenvalue weighted by Crippen LogP contribution is 2.17. The first-order valence-corrected chi connectivity index (χ1v) is 5.75. The summed E-state index contributed by atoms with van der Waals surface area (Å²) < 4.78 is 13.3. The van der Waals surface area contributed by atoms with E-state index in [2.05, 4.69) is 10.3 Å². The quantitative estimate of drug-likeness (QED) is 0.870. The van der Waals surface area contributed by atoms with Gasteiger partial charge in [0.1, 0.15) is 11.4 Å². The largest absolute Gasteiger partial charge is 0.364 e. The maximum absolute atomic E-state index is 13.3. The van der Waals surface area contributed by atoms with Crippen LogP contribution in [0.25, 0.3) is 0 Å². The molecule has 1 aromatic heterocycles. The Morgan fingerprint density at radius 1 is 1.32 bits per heavy atom. The third-order valence-corrected chi connectivity index (χ3v) is 2.82. The van der Waals surface area contributed by atoms with Gasteiger partial charge < -0.3 is 10.3 Å². The van der Waals surface area contributed by atoms with Gasteiger partial charge in [-0.1, -0.05) is 6.07 Å². The zero-order chi connectivity index (χ0) is 14.0. The predicted octanol–water partition coefficient (Wildman–Crippen LogP) is 2.38. The zero-order valence-corrected chi connectivity index (χ0v) is 10.6. The molecule has 98 valence electrons. The van der Waals surface area contributed by atoms with Crippen LogP contribution in [0.5, 0.6) is 0 Å². The molecule has 0 saturated carbocycles. The van der Waals surface area contributed by atoms with Crippen molar-refractivity contribution in [3.63, 3.8) is 0 Å². The van der Waals surface area contributed by atoms with Gasteiger partial charge >= 0.3 is 0 Å². The van der Waals surface area contributed by atoms with E-state index in [1.54, 1.807) is 19.9 Å². The highest BCUT2D eigenvalue weighted by molar-refractivity contribution is 6.04. The fourth-order valence-corrected chi connectivity index (χ4v) is 1.68. The number of hydrogen-bond acceptors (Lipinski definition) is 2. The second-order valence-electron chi connectivity index (χ2n) is 4.26. The molecule has 0 saturated heterocycles. The number of aryl methyl sites for hydroxylation is 1. The van der Waals surface area contributed by atoms with Crippen molar-refractivity contribution in [1.82, 2.24) is 4.98 Å². The van der Waals surface area contributed by atoms with Crippen molar-refractivity contribution < 1.29 is 9.18 Å². The Hall–Kier alpha value is -2.43. The Bertz CT molecular complexity index is 692. The number of aromatic amines is 1. The van der Waals surface area contributed by atoms with E-state index in [0.29, 0.717) is 16.9 Å². The molecule has 0 aliphatic carbocycles. The summed E-state index contributed by atoms with van der Waals surface area (Å²) in [6.07, 6.45) is 1.35. The fourth-order valence-electron chi connectivity index (χ4n) is 1.68. The maximum atomic E-state index is 13.3. The van der Waals surface area contributed by atoms with E-state index in [9.17, 15) is 14.0 Å². The third-order valence-electron chi connectivity index (χ3n) is 2.82. The van der Waals surface area contributed by atoms with E-state index in [0.717, 1.165) is 0 Å². The predicted molar refractivity (Wildman–Crippen MR) is 70.9 cm³/mol. The van der Waals surface area contributed by atoms with Gasteiger partial charge in [-0.05, 0) is 26.0 Å². The molecule has 2 aromatic rings. The van der Waals surface area contributed by atoms with Gasteiger partial charge in [0.15, 0.2) is 5.43 Å². The van der Waals surface area contributed by atoms with Crippen LogP contribution in [0.1, 0.15) is 21.6 Å². The number of amides is 1. The molecule has 2 rings (SSSR count). The first kappa shape index (κ1) is 13.0. The van der Waals surface area contributed by atoms with Crippen molar-refractivity contribution in [2.75, 3.05) is 5.32 Å². The average Bonchev–Trinajstić information content (AvgIpc) is 2.34. The molecule has 0 spiro atoms. The van der Waals surface area contributed by atoms with Gasteiger partial charge in [0, 0.05) is 29.2 Å². The van der Waals surface area contributed by atoms with Crippen LogP contribution in [0.2, 0.25) is 0 Å². The molecule has 0 aliphatic heterocycles. The number of rotatable bonds is 2. The Kier molecular flexibility index (Phi) is 3.46. The lowest BCUT2D eigenvalue weighted by Crippen LogP contribution is -2.22. The summed E-state index contributed by atoms with van der Waals surface area (Å²) >= 11 is 0. The first-order chi connectivity index (χ1) is 8.99. The number of carbonyl (C=O) groups excluding carboxylic acids is 1. The number of H-pyrrole nitrogens is 1. The van der Waals surface area contributed by atoms with Gasteiger partial charge in [-0.25, -0.2) is 4.39 Å². The molecular formula is C14H13FN2O2. The van der Waals surface area contributed by atoms with Crippen LogP contribution < -0.4 is 10.7 Å². The molecule has 1 amide bonds. The molecule has 1 aromatic carbocycles. The lowest BCUT2D eigenvalue weighted by atomic mass is 10.1.